The molecule has 0 radical (unpaired) electrons. The molecule has 0 saturated carbocycles. The third kappa shape index (κ3) is 4.37. The first-order valence-corrected chi connectivity index (χ1v) is 9.27. The number of nitrogens with zero attached hydrogens (tertiary/aromatic N) is 3. The molecule has 2 heterocycles. The minimum Gasteiger partial charge on any atom is -0.492 e. The Labute approximate surface area is 162 Å². The lowest BCUT2D eigenvalue weighted by Crippen LogP contribution is -2.29. The highest BCUT2D eigenvalue weighted by Gasteiger charge is 2.17. The molecule has 27 heavy (non-hydrogen) atoms. The number of para-hydroxylation sites is 1. The molecule has 140 valence electrons. The van der Waals surface area contributed by atoms with E-state index in [4.69, 9.17) is 26.1 Å². The summed E-state index contributed by atoms with van der Waals surface area (Å²) in [6, 6.07) is 16.0. The largest absolute Gasteiger partial charge is 0.492 e. The van der Waals surface area contributed by atoms with Gasteiger partial charge in [0.1, 0.15) is 18.1 Å². The molecule has 4 rings (SSSR count). The quantitative estimate of drug-likeness (QED) is 0.622. The van der Waals surface area contributed by atoms with Crippen LogP contribution in [0.3, 0.4) is 0 Å². The van der Waals surface area contributed by atoms with Crippen molar-refractivity contribution < 1.29 is 13.9 Å². The molecule has 0 saturated heterocycles. The molecular formula is C20H21N3O3S. The molecule has 0 unspecified atom stereocenters. The number of ether oxygens (including phenoxy) is 2. The second kappa shape index (κ2) is 7.94. The van der Waals surface area contributed by atoms with E-state index in [1.165, 1.54) is 0 Å². The molecular weight excluding hydrogens is 362 g/mol. The molecule has 0 atom stereocenters. The van der Waals surface area contributed by atoms with Crippen molar-refractivity contribution in [3.05, 3.63) is 70.4 Å². The minimum atomic E-state index is 0.242. The normalized spacial score (nSPS) is 14.3. The van der Waals surface area contributed by atoms with Crippen LogP contribution in [0.25, 0.3) is 0 Å². The Morgan fingerprint density at radius 1 is 1.19 bits per heavy atom. The molecule has 0 aliphatic carbocycles. The molecule has 6 nitrogen and oxygen atoms in total. The highest BCUT2D eigenvalue weighted by Crippen LogP contribution is 2.22. The van der Waals surface area contributed by atoms with E-state index in [1.54, 1.807) is 4.68 Å². The Balaban J connectivity index is 1.42. The summed E-state index contributed by atoms with van der Waals surface area (Å²) in [5.41, 5.74) is 2.30. The molecule has 1 aliphatic heterocycles. The first kappa shape index (κ1) is 17.8. The van der Waals surface area contributed by atoms with Gasteiger partial charge in [-0.3, -0.25) is 4.90 Å². The standard InChI is InChI=1S/C20H21N3O3S/c1-15-5-4-7-17(11-15)25-13-19-21-23(20(27)26-19)14-22-9-10-24-18-8-3-2-6-16(18)12-22/h2-8,11H,9-10,12-14H2,1H3. The minimum absolute atomic E-state index is 0.242. The number of benzene rings is 2. The van der Waals surface area contributed by atoms with Crippen LogP contribution in [0.4, 0.5) is 0 Å². The Bertz CT molecular complexity index is 982. The van der Waals surface area contributed by atoms with Gasteiger partial charge >= 0.3 is 0 Å². The van der Waals surface area contributed by atoms with Gasteiger partial charge in [-0.25, -0.2) is 4.68 Å². The molecule has 1 aliphatic rings. The van der Waals surface area contributed by atoms with Gasteiger partial charge in [0.15, 0.2) is 6.61 Å². The third-order valence-corrected chi connectivity index (χ3v) is 4.66. The molecule has 2 aromatic carbocycles. The molecule has 0 spiro atoms. The topological polar surface area (TPSA) is 52.7 Å². The van der Waals surface area contributed by atoms with Gasteiger partial charge in [0.2, 0.25) is 0 Å². The van der Waals surface area contributed by atoms with Crippen molar-refractivity contribution in [1.82, 2.24) is 14.7 Å². The van der Waals surface area contributed by atoms with Crippen LogP contribution >= 0.6 is 12.2 Å². The molecule has 0 N–H and O–H groups in total. The van der Waals surface area contributed by atoms with Crippen molar-refractivity contribution in [2.45, 2.75) is 26.7 Å². The van der Waals surface area contributed by atoms with Crippen molar-refractivity contribution in [2.75, 3.05) is 13.2 Å². The Morgan fingerprint density at radius 3 is 2.96 bits per heavy atom. The van der Waals surface area contributed by atoms with Crippen LogP contribution in [0.5, 0.6) is 11.5 Å². The van der Waals surface area contributed by atoms with Crippen LogP contribution in [0.15, 0.2) is 52.9 Å². The lowest BCUT2D eigenvalue weighted by atomic mass is 10.2. The highest BCUT2D eigenvalue weighted by molar-refractivity contribution is 7.71. The van der Waals surface area contributed by atoms with E-state index in [9.17, 15) is 0 Å². The van der Waals surface area contributed by atoms with Crippen LogP contribution in [0, 0.1) is 11.8 Å². The predicted octanol–water partition coefficient (Wildman–Crippen LogP) is 3.95. The number of rotatable bonds is 5. The zero-order valence-electron chi connectivity index (χ0n) is 15.1. The van der Waals surface area contributed by atoms with Gasteiger partial charge in [-0.2, -0.15) is 0 Å². The number of hydrogen-bond acceptors (Lipinski definition) is 6. The summed E-state index contributed by atoms with van der Waals surface area (Å²) < 4.78 is 18.8. The first-order chi connectivity index (χ1) is 13.2. The van der Waals surface area contributed by atoms with Gasteiger partial charge in [-0.15, -0.1) is 5.10 Å². The van der Waals surface area contributed by atoms with Crippen LogP contribution in [0.2, 0.25) is 0 Å². The fourth-order valence-electron chi connectivity index (χ4n) is 3.04. The third-order valence-electron chi connectivity index (χ3n) is 4.37. The fraction of sp³-hybridized carbons (Fsp3) is 0.300. The van der Waals surface area contributed by atoms with Crippen LogP contribution in [0.1, 0.15) is 17.0 Å². The molecule has 0 fully saturated rings. The van der Waals surface area contributed by atoms with E-state index in [1.807, 2.05) is 49.4 Å². The Kier molecular flexibility index (Phi) is 5.22. The fourth-order valence-corrected chi connectivity index (χ4v) is 3.23. The van der Waals surface area contributed by atoms with Crippen LogP contribution < -0.4 is 9.47 Å². The maximum Gasteiger partial charge on any atom is 0.288 e. The summed E-state index contributed by atoms with van der Waals surface area (Å²) in [4.78, 5) is 2.58. The van der Waals surface area contributed by atoms with Crippen molar-refractivity contribution >= 4 is 12.2 Å². The maximum absolute atomic E-state index is 5.81. The summed E-state index contributed by atoms with van der Waals surface area (Å²) >= 11 is 5.33. The molecule has 0 amide bonds. The van der Waals surface area contributed by atoms with Crippen LogP contribution in [-0.4, -0.2) is 27.8 Å². The monoisotopic (exact) mass is 383 g/mol. The Hall–Kier alpha value is -2.64. The number of fused-ring (bicyclic) bond motifs is 1. The molecule has 3 aromatic rings. The zero-order valence-corrected chi connectivity index (χ0v) is 15.9. The second-order valence-electron chi connectivity index (χ2n) is 6.52. The summed E-state index contributed by atoms with van der Waals surface area (Å²) in [5.74, 6) is 2.19. The summed E-state index contributed by atoms with van der Waals surface area (Å²) in [5, 5.41) is 4.47. The maximum atomic E-state index is 5.81. The average Bonchev–Trinajstić information content (AvgIpc) is 2.87. The average molecular weight is 383 g/mol. The lowest BCUT2D eigenvalue weighted by Gasteiger charge is -2.18. The van der Waals surface area contributed by atoms with Gasteiger partial charge < -0.3 is 13.9 Å². The summed E-state index contributed by atoms with van der Waals surface area (Å²) in [7, 11) is 0. The van der Waals surface area contributed by atoms with Crippen molar-refractivity contribution in [2.24, 2.45) is 0 Å². The second-order valence-corrected chi connectivity index (χ2v) is 6.87. The van der Waals surface area contributed by atoms with E-state index in [0.717, 1.165) is 35.7 Å². The predicted molar refractivity (Wildman–Crippen MR) is 103 cm³/mol. The van der Waals surface area contributed by atoms with Crippen molar-refractivity contribution in [1.29, 1.82) is 0 Å². The van der Waals surface area contributed by atoms with E-state index in [0.29, 0.717) is 24.0 Å². The van der Waals surface area contributed by atoms with Gasteiger partial charge in [-0.1, -0.05) is 30.3 Å². The molecule has 7 heteroatoms. The number of hydrogen-bond donors (Lipinski definition) is 0. The van der Waals surface area contributed by atoms with Gasteiger partial charge in [0.05, 0.1) is 6.67 Å². The molecule has 0 bridgehead atoms. The van der Waals surface area contributed by atoms with Crippen molar-refractivity contribution in [3.8, 4) is 11.5 Å². The zero-order chi connectivity index (χ0) is 18.6. The van der Waals surface area contributed by atoms with Crippen molar-refractivity contribution in [3.63, 3.8) is 0 Å². The van der Waals surface area contributed by atoms with Gasteiger partial charge in [-0.05, 0) is 42.9 Å². The van der Waals surface area contributed by atoms with Gasteiger partial charge in [0.25, 0.3) is 10.7 Å². The van der Waals surface area contributed by atoms with Gasteiger partial charge in [0, 0.05) is 18.7 Å². The summed E-state index contributed by atoms with van der Waals surface area (Å²) in [6.07, 6.45) is 0. The number of aryl methyl sites for hydroxylation is 1. The van der Waals surface area contributed by atoms with E-state index in [2.05, 4.69) is 16.1 Å². The number of aromatic nitrogens is 2. The van der Waals surface area contributed by atoms with Crippen LogP contribution in [-0.2, 0) is 19.8 Å². The highest BCUT2D eigenvalue weighted by atomic mass is 32.1. The SMILES string of the molecule is Cc1cccc(OCc2nn(CN3CCOc4ccccc4C3)c(=S)o2)c1. The summed E-state index contributed by atoms with van der Waals surface area (Å²) in [6.45, 7) is 5.01. The van der Waals surface area contributed by atoms with E-state index >= 15 is 0 Å². The van der Waals surface area contributed by atoms with E-state index in [-0.39, 0.29) is 6.61 Å². The Morgan fingerprint density at radius 2 is 2.07 bits per heavy atom. The lowest BCUT2D eigenvalue weighted by molar-refractivity contribution is 0.175. The van der Waals surface area contributed by atoms with E-state index < -0.39 is 0 Å². The smallest absolute Gasteiger partial charge is 0.288 e. The first-order valence-electron chi connectivity index (χ1n) is 8.87. The molecule has 1 aromatic heterocycles.